The van der Waals surface area contributed by atoms with Crippen molar-refractivity contribution < 1.29 is 28.4 Å². The lowest BCUT2D eigenvalue weighted by molar-refractivity contribution is -0.523. The predicted octanol–water partition coefficient (Wildman–Crippen LogP) is 2.15. The zero-order valence-corrected chi connectivity index (χ0v) is 12.2. The lowest BCUT2D eigenvalue weighted by Gasteiger charge is -2.23. The van der Waals surface area contributed by atoms with Crippen LogP contribution < -0.4 is 0 Å². The summed E-state index contributed by atoms with van der Waals surface area (Å²) in [4.78, 5) is 21.4. The van der Waals surface area contributed by atoms with Crippen LogP contribution in [0.4, 0.5) is 0 Å². The number of hydrogen-bond acceptors (Lipinski definition) is 6. The van der Waals surface area contributed by atoms with Crippen LogP contribution in [0, 0.1) is 10.1 Å². The summed E-state index contributed by atoms with van der Waals surface area (Å²) in [6.07, 6.45) is -0.231. The molecule has 0 amide bonds. The number of carbonyl (C=O) groups is 1. The van der Waals surface area contributed by atoms with Crippen molar-refractivity contribution in [3.8, 4) is 0 Å². The maximum absolute atomic E-state index is 12.4. The monoisotopic (exact) mass is 297 g/mol. The van der Waals surface area contributed by atoms with E-state index in [0.29, 0.717) is 0 Å². The van der Waals surface area contributed by atoms with E-state index in [2.05, 4.69) is 0 Å². The van der Waals surface area contributed by atoms with Crippen LogP contribution in [0.15, 0.2) is 0 Å². The minimum Gasteiger partial charge on any atom is -0.481 e. The van der Waals surface area contributed by atoms with Crippen LogP contribution >= 0.6 is 7.60 Å². The fourth-order valence-electron chi connectivity index (χ4n) is 1.60. The summed E-state index contributed by atoms with van der Waals surface area (Å²) in [5, 5.41) is 19.9. The third kappa shape index (κ3) is 5.26. The molecule has 19 heavy (non-hydrogen) atoms. The Hall–Kier alpha value is -0.980. The highest BCUT2D eigenvalue weighted by Crippen LogP contribution is 2.54. The summed E-state index contributed by atoms with van der Waals surface area (Å²) in [6, 6.07) is -1.09. The molecule has 0 saturated heterocycles. The van der Waals surface area contributed by atoms with E-state index in [4.69, 9.17) is 14.2 Å². The van der Waals surface area contributed by atoms with Gasteiger partial charge in [-0.25, -0.2) is 0 Å². The Labute approximate surface area is 111 Å². The van der Waals surface area contributed by atoms with Crippen LogP contribution in [0.3, 0.4) is 0 Å². The van der Waals surface area contributed by atoms with Crippen molar-refractivity contribution in [2.45, 2.75) is 45.3 Å². The number of hydrogen-bond donors (Lipinski definition) is 1. The molecule has 0 rings (SSSR count). The zero-order valence-electron chi connectivity index (χ0n) is 11.3. The first-order valence-electron chi connectivity index (χ1n) is 6.07. The maximum Gasteiger partial charge on any atom is 0.345 e. The van der Waals surface area contributed by atoms with Crippen molar-refractivity contribution in [1.29, 1.82) is 0 Å². The van der Waals surface area contributed by atoms with Gasteiger partial charge in [0.1, 0.15) is 0 Å². The number of carboxylic acid groups (broad SMARTS) is 1. The third-order valence-electron chi connectivity index (χ3n) is 2.55. The molecular formula is C10H20NO7P. The van der Waals surface area contributed by atoms with Crippen molar-refractivity contribution in [2.24, 2.45) is 0 Å². The van der Waals surface area contributed by atoms with Crippen LogP contribution in [0.1, 0.15) is 33.6 Å². The van der Waals surface area contributed by atoms with Gasteiger partial charge in [0.15, 0.2) is 5.66 Å². The van der Waals surface area contributed by atoms with Crippen molar-refractivity contribution >= 4 is 13.6 Å². The van der Waals surface area contributed by atoms with E-state index >= 15 is 0 Å². The predicted molar refractivity (Wildman–Crippen MR) is 68.0 cm³/mol. The lowest BCUT2D eigenvalue weighted by atomic mass is 10.1. The maximum atomic E-state index is 12.4. The quantitative estimate of drug-likeness (QED) is 0.373. The lowest BCUT2D eigenvalue weighted by Crippen LogP contribution is -2.31. The molecule has 0 aliphatic heterocycles. The Balaban J connectivity index is 5.21. The Kier molecular flexibility index (Phi) is 7.82. The van der Waals surface area contributed by atoms with E-state index in [1.807, 2.05) is 0 Å². The SMILES string of the molecule is CCOP(=O)(OCC)C(CC(CC)[N+](=O)[O-])C(=O)O. The van der Waals surface area contributed by atoms with E-state index in [0.717, 1.165) is 0 Å². The minimum absolute atomic E-state index is 0.0102. The summed E-state index contributed by atoms with van der Waals surface area (Å²) in [7, 11) is -3.90. The van der Waals surface area contributed by atoms with E-state index in [-0.39, 0.29) is 26.1 Å². The molecule has 0 aliphatic carbocycles. The van der Waals surface area contributed by atoms with Gasteiger partial charge >= 0.3 is 13.6 Å². The van der Waals surface area contributed by atoms with Crippen LogP contribution in [-0.2, 0) is 18.4 Å². The first-order valence-corrected chi connectivity index (χ1v) is 7.68. The smallest absolute Gasteiger partial charge is 0.345 e. The molecule has 1 N–H and O–H groups in total. The highest BCUT2D eigenvalue weighted by atomic mass is 31.2. The summed E-state index contributed by atoms with van der Waals surface area (Å²) >= 11 is 0. The van der Waals surface area contributed by atoms with E-state index < -0.39 is 30.2 Å². The van der Waals surface area contributed by atoms with Gasteiger partial charge in [0.25, 0.3) is 0 Å². The molecule has 0 aliphatic rings. The van der Waals surface area contributed by atoms with E-state index in [1.54, 1.807) is 20.8 Å². The summed E-state index contributed by atoms with van der Waals surface area (Å²) < 4.78 is 22.3. The topological polar surface area (TPSA) is 116 Å². The highest BCUT2D eigenvalue weighted by molar-refractivity contribution is 7.55. The normalized spacial score (nSPS) is 14.9. The highest BCUT2D eigenvalue weighted by Gasteiger charge is 2.44. The second-order valence-electron chi connectivity index (χ2n) is 3.81. The molecule has 0 aromatic rings. The molecule has 0 radical (unpaired) electrons. The van der Waals surface area contributed by atoms with Gasteiger partial charge in [0, 0.05) is 17.8 Å². The fraction of sp³-hybridized carbons (Fsp3) is 0.900. The molecule has 0 saturated carbocycles. The molecule has 112 valence electrons. The van der Waals surface area contributed by atoms with Gasteiger partial charge in [-0.2, -0.15) is 0 Å². The average molecular weight is 297 g/mol. The average Bonchev–Trinajstić information content (AvgIpc) is 2.29. The number of aliphatic carboxylic acids is 1. The molecule has 8 nitrogen and oxygen atoms in total. The molecule has 0 heterocycles. The molecule has 0 spiro atoms. The Morgan fingerprint density at radius 3 is 2.05 bits per heavy atom. The van der Waals surface area contributed by atoms with Gasteiger partial charge in [-0.05, 0) is 13.8 Å². The molecule has 9 heteroatoms. The van der Waals surface area contributed by atoms with Gasteiger partial charge in [-0.1, -0.05) is 6.92 Å². The van der Waals surface area contributed by atoms with Crippen molar-refractivity contribution in [3.05, 3.63) is 10.1 Å². The number of rotatable bonds is 10. The summed E-state index contributed by atoms with van der Waals surface area (Å²) in [6.45, 7) is 4.69. The van der Waals surface area contributed by atoms with Gasteiger partial charge in [-0.3, -0.25) is 19.5 Å². The van der Waals surface area contributed by atoms with Gasteiger partial charge in [0.2, 0.25) is 6.04 Å². The van der Waals surface area contributed by atoms with Crippen LogP contribution in [0.25, 0.3) is 0 Å². The molecule has 2 unspecified atom stereocenters. The molecular weight excluding hydrogens is 277 g/mol. The van der Waals surface area contributed by atoms with Crippen molar-refractivity contribution in [3.63, 3.8) is 0 Å². The third-order valence-corrected chi connectivity index (χ3v) is 4.98. The van der Waals surface area contributed by atoms with Gasteiger partial charge < -0.3 is 14.2 Å². The molecule has 0 aromatic heterocycles. The second kappa shape index (κ2) is 8.24. The van der Waals surface area contributed by atoms with Crippen LogP contribution in [0.2, 0.25) is 0 Å². The van der Waals surface area contributed by atoms with Crippen molar-refractivity contribution in [2.75, 3.05) is 13.2 Å². The molecule has 0 fully saturated rings. The summed E-state index contributed by atoms with van der Waals surface area (Å²) in [5.41, 5.74) is -1.53. The van der Waals surface area contributed by atoms with Crippen LogP contribution in [-0.4, -0.2) is 40.9 Å². The number of nitro groups is 1. The van der Waals surface area contributed by atoms with Crippen LogP contribution in [0.5, 0.6) is 0 Å². The van der Waals surface area contributed by atoms with Gasteiger partial charge in [-0.15, -0.1) is 0 Å². The Bertz CT molecular complexity index is 350. The van der Waals surface area contributed by atoms with Gasteiger partial charge in [0.05, 0.1) is 13.2 Å². The van der Waals surface area contributed by atoms with E-state index in [1.165, 1.54) is 0 Å². The minimum atomic E-state index is -3.90. The fourth-order valence-corrected chi connectivity index (χ4v) is 3.53. The molecule has 0 bridgehead atoms. The molecule has 2 atom stereocenters. The molecule has 0 aromatic carbocycles. The number of nitrogens with zero attached hydrogens (tertiary/aromatic N) is 1. The second-order valence-corrected chi connectivity index (χ2v) is 6.03. The largest absolute Gasteiger partial charge is 0.481 e. The Morgan fingerprint density at radius 2 is 1.79 bits per heavy atom. The zero-order chi connectivity index (χ0) is 15.1. The number of carboxylic acids is 1. The van der Waals surface area contributed by atoms with Crippen molar-refractivity contribution in [1.82, 2.24) is 0 Å². The Morgan fingerprint density at radius 1 is 1.32 bits per heavy atom. The van der Waals surface area contributed by atoms with E-state index in [9.17, 15) is 19.5 Å². The summed E-state index contributed by atoms with van der Waals surface area (Å²) in [5.74, 6) is -1.41. The first-order chi connectivity index (χ1) is 8.82. The standard InChI is InChI=1S/C10H20NO7P/c1-4-8(11(14)15)7-9(10(12)13)19(16,17-5-2)18-6-3/h8-9H,4-7H2,1-3H3,(H,12,13). The first kappa shape index (κ1) is 18.0.